The SMILES string of the molecule is CC#CC(=O)N(CC)C1CCC(N)CC1. The average Bonchev–Trinajstić information content (AvgIpc) is 2.22. The van der Waals surface area contributed by atoms with Gasteiger partial charge < -0.3 is 10.6 Å². The van der Waals surface area contributed by atoms with Crippen molar-refractivity contribution in [1.29, 1.82) is 0 Å². The van der Waals surface area contributed by atoms with Crippen molar-refractivity contribution in [2.45, 2.75) is 51.6 Å². The molecule has 1 aliphatic rings. The van der Waals surface area contributed by atoms with E-state index in [9.17, 15) is 4.79 Å². The Labute approximate surface area is 92.0 Å². The van der Waals surface area contributed by atoms with Gasteiger partial charge in [-0.2, -0.15) is 0 Å². The molecule has 1 aliphatic carbocycles. The molecule has 0 saturated heterocycles. The maximum absolute atomic E-state index is 11.7. The molecule has 0 bridgehead atoms. The Kier molecular flexibility index (Phi) is 4.64. The maximum Gasteiger partial charge on any atom is 0.298 e. The summed E-state index contributed by atoms with van der Waals surface area (Å²) in [4.78, 5) is 13.6. The smallest absolute Gasteiger partial charge is 0.298 e. The predicted molar refractivity (Wildman–Crippen MR) is 61.1 cm³/mol. The van der Waals surface area contributed by atoms with E-state index in [1.54, 1.807) is 6.92 Å². The maximum atomic E-state index is 11.7. The molecule has 0 radical (unpaired) electrons. The van der Waals surface area contributed by atoms with Gasteiger partial charge in [0, 0.05) is 18.6 Å². The van der Waals surface area contributed by atoms with Crippen LogP contribution < -0.4 is 5.73 Å². The lowest BCUT2D eigenvalue weighted by molar-refractivity contribution is -0.127. The summed E-state index contributed by atoms with van der Waals surface area (Å²) in [5.41, 5.74) is 5.84. The fourth-order valence-corrected chi connectivity index (χ4v) is 2.16. The summed E-state index contributed by atoms with van der Waals surface area (Å²) in [5, 5.41) is 0. The highest BCUT2D eigenvalue weighted by Crippen LogP contribution is 2.21. The zero-order chi connectivity index (χ0) is 11.3. The summed E-state index contributed by atoms with van der Waals surface area (Å²) < 4.78 is 0. The molecular weight excluding hydrogens is 188 g/mol. The summed E-state index contributed by atoms with van der Waals surface area (Å²) in [6.07, 6.45) is 4.08. The Morgan fingerprint density at radius 3 is 2.47 bits per heavy atom. The summed E-state index contributed by atoms with van der Waals surface area (Å²) in [7, 11) is 0. The van der Waals surface area contributed by atoms with Gasteiger partial charge in [0.05, 0.1) is 0 Å². The molecule has 1 fully saturated rings. The molecule has 0 aromatic carbocycles. The van der Waals surface area contributed by atoms with Crippen molar-refractivity contribution < 1.29 is 4.79 Å². The van der Waals surface area contributed by atoms with Crippen LogP contribution in [0.2, 0.25) is 0 Å². The Morgan fingerprint density at radius 1 is 1.40 bits per heavy atom. The number of amides is 1. The first-order valence-corrected chi connectivity index (χ1v) is 5.68. The molecular formula is C12H20N2O. The van der Waals surface area contributed by atoms with E-state index >= 15 is 0 Å². The Balaban J connectivity index is 2.57. The minimum absolute atomic E-state index is 0.0412. The van der Waals surface area contributed by atoms with Gasteiger partial charge in [-0.25, -0.2) is 0 Å². The van der Waals surface area contributed by atoms with E-state index in [1.807, 2.05) is 11.8 Å². The average molecular weight is 208 g/mol. The van der Waals surface area contributed by atoms with E-state index in [1.165, 1.54) is 0 Å². The van der Waals surface area contributed by atoms with E-state index in [-0.39, 0.29) is 5.91 Å². The van der Waals surface area contributed by atoms with Crippen LogP contribution in [0.1, 0.15) is 39.5 Å². The second kappa shape index (κ2) is 5.77. The highest BCUT2D eigenvalue weighted by molar-refractivity contribution is 5.93. The quantitative estimate of drug-likeness (QED) is 0.691. The number of carbonyl (C=O) groups is 1. The molecule has 1 amide bonds. The van der Waals surface area contributed by atoms with Crippen LogP contribution >= 0.6 is 0 Å². The van der Waals surface area contributed by atoms with Crippen molar-refractivity contribution in [1.82, 2.24) is 4.90 Å². The Morgan fingerprint density at radius 2 is 2.00 bits per heavy atom. The van der Waals surface area contributed by atoms with E-state index < -0.39 is 0 Å². The highest BCUT2D eigenvalue weighted by Gasteiger charge is 2.25. The highest BCUT2D eigenvalue weighted by atomic mass is 16.2. The van der Waals surface area contributed by atoms with E-state index in [2.05, 4.69) is 11.8 Å². The van der Waals surface area contributed by atoms with Crippen molar-refractivity contribution in [3.05, 3.63) is 0 Å². The van der Waals surface area contributed by atoms with Gasteiger partial charge in [0.15, 0.2) is 0 Å². The Bertz CT molecular complexity index is 269. The normalized spacial score (nSPS) is 25.3. The topological polar surface area (TPSA) is 46.3 Å². The molecule has 0 aromatic heterocycles. The lowest BCUT2D eigenvalue weighted by atomic mass is 9.90. The molecule has 1 saturated carbocycles. The first-order valence-electron chi connectivity index (χ1n) is 5.68. The van der Waals surface area contributed by atoms with Gasteiger partial charge in [-0.3, -0.25) is 4.79 Å². The first kappa shape index (κ1) is 12.1. The van der Waals surface area contributed by atoms with Crippen LogP contribution in [0.4, 0.5) is 0 Å². The molecule has 0 atom stereocenters. The molecule has 3 nitrogen and oxygen atoms in total. The second-order valence-electron chi connectivity index (χ2n) is 4.03. The molecule has 15 heavy (non-hydrogen) atoms. The molecule has 0 aliphatic heterocycles. The standard InChI is InChI=1S/C12H20N2O/c1-3-5-12(15)14(4-2)11-8-6-10(13)7-9-11/h10-11H,4,6-9,13H2,1-2H3. The zero-order valence-electron chi connectivity index (χ0n) is 9.62. The number of nitrogens with zero attached hydrogens (tertiary/aromatic N) is 1. The molecule has 3 heteroatoms. The van der Waals surface area contributed by atoms with Crippen LogP contribution in [0.25, 0.3) is 0 Å². The molecule has 0 spiro atoms. The van der Waals surface area contributed by atoms with Gasteiger partial charge in [-0.05, 0) is 45.5 Å². The summed E-state index contributed by atoms with van der Waals surface area (Å²) in [6.45, 7) is 4.44. The van der Waals surface area contributed by atoms with E-state index in [0.29, 0.717) is 12.1 Å². The molecule has 2 N–H and O–H groups in total. The first-order chi connectivity index (χ1) is 7.19. The van der Waals surface area contributed by atoms with E-state index in [0.717, 1.165) is 32.2 Å². The Hall–Kier alpha value is -1.01. The summed E-state index contributed by atoms with van der Waals surface area (Å²) >= 11 is 0. The van der Waals surface area contributed by atoms with Crippen LogP contribution in [-0.4, -0.2) is 29.4 Å². The molecule has 0 heterocycles. The van der Waals surface area contributed by atoms with Crippen LogP contribution in [0.15, 0.2) is 0 Å². The van der Waals surface area contributed by atoms with Gasteiger partial charge in [-0.15, -0.1) is 0 Å². The third-order valence-electron chi connectivity index (χ3n) is 3.02. The van der Waals surface area contributed by atoms with Crippen LogP contribution in [0.5, 0.6) is 0 Å². The summed E-state index contributed by atoms with van der Waals surface area (Å²) in [5.74, 6) is 5.23. The number of hydrogen-bond donors (Lipinski definition) is 1. The third kappa shape index (κ3) is 3.24. The van der Waals surface area contributed by atoms with Crippen molar-refractivity contribution in [2.24, 2.45) is 5.73 Å². The van der Waals surface area contributed by atoms with Crippen molar-refractivity contribution in [2.75, 3.05) is 6.54 Å². The third-order valence-corrected chi connectivity index (χ3v) is 3.02. The molecule has 1 rings (SSSR count). The molecule has 0 aromatic rings. The van der Waals surface area contributed by atoms with Crippen LogP contribution in [0, 0.1) is 11.8 Å². The van der Waals surface area contributed by atoms with Crippen molar-refractivity contribution >= 4 is 5.91 Å². The lowest BCUT2D eigenvalue weighted by Crippen LogP contribution is -2.43. The predicted octanol–water partition coefficient (Wildman–Crippen LogP) is 1.13. The fraction of sp³-hybridized carbons (Fsp3) is 0.750. The van der Waals surface area contributed by atoms with Gasteiger partial charge in [-0.1, -0.05) is 5.92 Å². The minimum atomic E-state index is -0.0412. The second-order valence-corrected chi connectivity index (χ2v) is 4.03. The number of hydrogen-bond acceptors (Lipinski definition) is 2. The van der Waals surface area contributed by atoms with Crippen LogP contribution in [0.3, 0.4) is 0 Å². The van der Waals surface area contributed by atoms with Crippen molar-refractivity contribution in [3.8, 4) is 11.8 Å². The van der Waals surface area contributed by atoms with Gasteiger partial charge >= 0.3 is 0 Å². The van der Waals surface area contributed by atoms with E-state index in [4.69, 9.17) is 5.73 Å². The molecule has 84 valence electrons. The fourth-order valence-electron chi connectivity index (χ4n) is 2.16. The number of nitrogens with two attached hydrogens (primary N) is 1. The van der Waals surface area contributed by atoms with Gasteiger partial charge in [0.25, 0.3) is 5.91 Å². The number of carbonyl (C=O) groups excluding carboxylic acids is 1. The summed E-state index contributed by atoms with van der Waals surface area (Å²) in [6, 6.07) is 0.676. The van der Waals surface area contributed by atoms with Gasteiger partial charge in [0.2, 0.25) is 0 Å². The van der Waals surface area contributed by atoms with Crippen LogP contribution in [-0.2, 0) is 4.79 Å². The molecule has 0 unspecified atom stereocenters. The largest absolute Gasteiger partial charge is 0.329 e. The van der Waals surface area contributed by atoms with Gasteiger partial charge in [0.1, 0.15) is 0 Å². The monoisotopic (exact) mass is 208 g/mol. The zero-order valence-corrected chi connectivity index (χ0v) is 9.62. The minimum Gasteiger partial charge on any atom is -0.329 e. The van der Waals surface area contributed by atoms with Crippen molar-refractivity contribution in [3.63, 3.8) is 0 Å². The number of rotatable bonds is 2. The lowest BCUT2D eigenvalue weighted by Gasteiger charge is -2.34.